The van der Waals surface area contributed by atoms with Gasteiger partial charge < -0.3 is 9.84 Å². The number of carboxylic acid groups (broad SMARTS) is 1. The van der Waals surface area contributed by atoms with Crippen LogP contribution in [0.4, 0.5) is 0 Å². The van der Waals surface area contributed by atoms with Gasteiger partial charge in [0, 0.05) is 17.0 Å². The van der Waals surface area contributed by atoms with Gasteiger partial charge in [0.05, 0.1) is 23.1 Å². The summed E-state index contributed by atoms with van der Waals surface area (Å²) in [6.07, 6.45) is 5.97. The second-order valence-corrected chi connectivity index (χ2v) is 7.00. The molecule has 2 aliphatic carbocycles. The summed E-state index contributed by atoms with van der Waals surface area (Å²) in [5.41, 5.74) is 1.82. The van der Waals surface area contributed by atoms with Crippen molar-refractivity contribution in [3.63, 3.8) is 0 Å². The summed E-state index contributed by atoms with van der Waals surface area (Å²) in [6.45, 7) is 2.71. The highest BCUT2D eigenvalue weighted by molar-refractivity contribution is 9.10. The van der Waals surface area contributed by atoms with Crippen LogP contribution in [0.15, 0.2) is 10.5 Å². The van der Waals surface area contributed by atoms with Gasteiger partial charge >= 0.3 is 5.97 Å². The largest absolute Gasteiger partial charge is 0.478 e. The Bertz CT molecular complexity index is 557. The SMILES string of the molecule is Cc1nc(C2CCC2OCC2CCC2)c(C(=O)O)cc1Br. The van der Waals surface area contributed by atoms with E-state index in [1.807, 2.05) is 6.92 Å². The summed E-state index contributed by atoms with van der Waals surface area (Å²) < 4.78 is 6.75. The lowest BCUT2D eigenvalue weighted by molar-refractivity contribution is -0.0452. The summed E-state index contributed by atoms with van der Waals surface area (Å²) >= 11 is 3.36. The van der Waals surface area contributed by atoms with Crippen molar-refractivity contribution in [2.24, 2.45) is 5.92 Å². The fourth-order valence-electron chi connectivity index (χ4n) is 2.95. The van der Waals surface area contributed by atoms with Gasteiger partial charge in [-0.1, -0.05) is 6.42 Å². The smallest absolute Gasteiger partial charge is 0.337 e. The Morgan fingerprint density at radius 3 is 2.71 bits per heavy atom. The van der Waals surface area contributed by atoms with Gasteiger partial charge in [-0.3, -0.25) is 4.98 Å². The maximum Gasteiger partial charge on any atom is 0.337 e. The zero-order valence-corrected chi connectivity index (χ0v) is 13.7. The first-order valence-electron chi connectivity index (χ1n) is 7.58. The summed E-state index contributed by atoms with van der Waals surface area (Å²) in [4.78, 5) is 16.0. The van der Waals surface area contributed by atoms with E-state index in [1.54, 1.807) is 6.07 Å². The topological polar surface area (TPSA) is 59.4 Å². The summed E-state index contributed by atoms with van der Waals surface area (Å²) in [5, 5.41) is 9.40. The lowest BCUT2D eigenvalue weighted by Crippen LogP contribution is -2.36. The number of pyridine rings is 1. The van der Waals surface area contributed by atoms with E-state index in [2.05, 4.69) is 20.9 Å². The number of nitrogens with zero attached hydrogens (tertiary/aromatic N) is 1. The quantitative estimate of drug-likeness (QED) is 0.871. The fraction of sp³-hybridized carbons (Fsp3) is 0.625. The molecular weight excluding hydrogens is 334 g/mol. The number of carboxylic acids is 1. The summed E-state index contributed by atoms with van der Waals surface area (Å²) in [7, 11) is 0. The number of aromatic carboxylic acids is 1. The van der Waals surface area contributed by atoms with Gasteiger partial charge in [-0.05, 0) is 60.5 Å². The minimum atomic E-state index is -0.914. The Kier molecular flexibility index (Phi) is 4.31. The maximum absolute atomic E-state index is 11.5. The first kappa shape index (κ1) is 15.0. The standard InChI is InChI=1S/C16H20BrNO3/c1-9-13(17)7-12(16(19)20)15(18-9)11-5-6-14(11)21-8-10-3-2-4-10/h7,10-11,14H,2-6,8H2,1H3,(H,19,20). The lowest BCUT2D eigenvalue weighted by Gasteiger charge is -2.38. The van der Waals surface area contributed by atoms with Crippen LogP contribution >= 0.6 is 15.9 Å². The molecule has 1 aromatic heterocycles. The number of halogens is 1. The molecule has 0 spiro atoms. The summed E-state index contributed by atoms with van der Waals surface area (Å²) in [6, 6.07) is 1.67. The lowest BCUT2D eigenvalue weighted by atomic mass is 9.77. The number of hydrogen-bond acceptors (Lipinski definition) is 3. The molecule has 2 atom stereocenters. The van der Waals surface area contributed by atoms with Crippen molar-refractivity contribution in [3.8, 4) is 0 Å². The minimum absolute atomic E-state index is 0.128. The van der Waals surface area contributed by atoms with Crippen molar-refractivity contribution in [3.05, 3.63) is 27.5 Å². The van der Waals surface area contributed by atoms with Crippen LogP contribution < -0.4 is 0 Å². The summed E-state index contributed by atoms with van der Waals surface area (Å²) in [5.74, 6) is -0.0735. The molecule has 0 radical (unpaired) electrons. The predicted molar refractivity (Wildman–Crippen MR) is 82.7 cm³/mol. The molecule has 0 amide bonds. The average molecular weight is 354 g/mol. The van der Waals surface area contributed by atoms with E-state index < -0.39 is 5.97 Å². The van der Waals surface area contributed by atoms with E-state index in [0.29, 0.717) is 17.2 Å². The van der Waals surface area contributed by atoms with Gasteiger partial charge in [-0.25, -0.2) is 4.79 Å². The molecule has 21 heavy (non-hydrogen) atoms. The van der Waals surface area contributed by atoms with Crippen molar-refractivity contribution in [1.29, 1.82) is 0 Å². The van der Waals surface area contributed by atoms with Crippen LogP contribution in [-0.4, -0.2) is 28.8 Å². The molecule has 2 aliphatic rings. The number of aromatic nitrogens is 1. The zero-order valence-electron chi connectivity index (χ0n) is 12.1. The van der Waals surface area contributed by atoms with Crippen LogP contribution in [0.1, 0.15) is 59.8 Å². The zero-order chi connectivity index (χ0) is 15.0. The van der Waals surface area contributed by atoms with Gasteiger partial charge in [-0.2, -0.15) is 0 Å². The Balaban J connectivity index is 1.75. The number of carbonyl (C=O) groups is 1. The van der Waals surface area contributed by atoms with Gasteiger partial charge in [-0.15, -0.1) is 0 Å². The van der Waals surface area contributed by atoms with E-state index in [4.69, 9.17) is 4.74 Å². The molecule has 4 nitrogen and oxygen atoms in total. The molecule has 2 unspecified atom stereocenters. The van der Waals surface area contributed by atoms with Gasteiger partial charge in [0.15, 0.2) is 0 Å². The predicted octanol–water partition coefficient (Wildman–Crippen LogP) is 3.91. The van der Waals surface area contributed by atoms with Gasteiger partial charge in [0.2, 0.25) is 0 Å². The van der Waals surface area contributed by atoms with E-state index in [-0.39, 0.29) is 12.0 Å². The van der Waals surface area contributed by atoms with Crippen LogP contribution in [0.3, 0.4) is 0 Å². The van der Waals surface area contributed by atoms with E-state index in [1.165, 1.54) is 19.3 Å². The van der Waals surface area contributed by atoms with Crippen molar-refractivity contribution >= 4 is 21.9 Å². The molecule has 5 heteroatoms. The molecule has 0 saturated heterocycles. The highest BCUT2D eigenvalue weighted by Gasteiger charge is 2.37. The third kappa shape index (κ3) is 2.99. The fourth-order valence-corrected chi connectivity index (χ4v) is 3.27. The second-order valence-electron chi connectivity index (χ2n) is 6.15. The molecule has 0 aromatic carbocycles. The van der Waals surface area contributed by atoms with Crippen molar-refractivity contribution in [2.75, 3.05) is 6.61 Å². The molecule has 0 aliphatic heterocycles. The Morgan fingerprint density at radius 1 is 1.43 bits per heavy atom. The first-order valence-corrected chi connectivity index (χ1v) is 8.37. The monoisotopic (exact) mass is 353 g/mol. The highest BCUT2D eigenvalue weighted by atomic mass is 79.9. The average Bonchev–Trinajstić information content (AvgIpc) is 2.34. The van der Waals surface area contributed by atoms with Crippen molar-refractivity contribution < 1.29 is 14.6 Å². The van der Waals surface area contributed by atoms with Crippen LogP contribution in [0, 0.1) is 12.8 Å². The van der Waals surface area contributed by atoms with Crippen LogP contribution in [0.2, 0.25) is 0 Å². The molecule has 0 bridgehead atoms. The molecule has 114 valence electrons. The molecule has 2 saturated carbocycles. The van der Waals surface area contributed by atoms with Gasteiger partial charge in [0.25, 0.3) is 0 Å². The van der Waals surface area contributed by atoms with Crippen molar-refractivity contribution in [1.82, 2.24) is 4.98 Å². The molecule has 1 N–H and O–H groups in total. The van der Waals surface area contributed by atoms with Gasteiger partial charge in [0.1, 0.15) is 0 Å². The number of ether oxygens (including phenoxy) is 1. The third-order valence-corrected chi connectivity index (χ3v) is 5.55. The second kappa shape index (κ2) is 6.05. The highest BCUT2D eigenvalue weighted by Crippen LogP contribution is 2.41. The van der Waals surface area contributed by atoms with Crippen molar-refractivity contribution in [2.45, 2.75) is 51.0 Å². The molecule has 2 fully saturated rings. The Hall–Kier alpha value is -0.940. The van der Waals surface area contributed by atoms with Crippen LogP contribution in [-0.2, 0) is 4.74 Å². The third-order valence-electron chi connectivity index (χ3n) is 4.74. The minimum Gasteiger partial charge on any atom is -0.478 e. The Labute approximate surface area is 133 Å². The first-order chi connectivity index (χ1) is 10.1. The van der Waals surface area contributed by atoms with Crippen LogP contribution in [0.25, 0.3) is 0 Å². The molecule has 3 rings (SSSR count). The van der Waals surface area contributed by atoms with E-state index in [9.17, 15) is 9.90 Å². The van der Waals surface area contributed by atoms with E-state index >= 15 is 0 Å². The van der Waals surface area contributed by atoms with Crippen LogP contribution in [0.5, 0.6) is 0 Å². The normalized spacial score (nSPS) is 25.2. The Morgan fingerprint density at radius 2 is 2.19 bits per heavy atom. The van der Waals surface area contributed by atoms with E-state index in [0.717, 1.165) is 29.6 Å². The molecule has 1 heterocycles. The number of aryl methyl sites for hydroxylation is 1. The number of rotatable bonds is 5. The maximum atomic E-state index is 11.5. The number of hydrogen-bond donors (Lipinski definition) is 1. The molecule has 1 aromatic rings. The molecular formula is C16H20BrNO3.